The highest BCUT2D eigenvalue weighted by Gasteiger charge is 2.14. The molecule has 0 aliphatic carbocycles. The van der Waals surface area contributed by atoms with Gasteiger partial charge in [-0.3, -0.25) is 9.59 Å². The van der Waals surface area contributed by atoms with Gasteiger partial charge in [0.1, 0.15) is 5.75 Å². The first-order valence-electron chi connectivity index (χ1n) is 9.58. The van der Waals surface area contributed by atoms with Crippen molar-refractivity contribution in [1.82, 2.24) is 0 Å². The minimum atomic E-state index is -0.448. The van der Waals surface area contributed by atoms with Crippen molar-refractivity contribution >= 4 is 23.5 Å². The van der Waals surface area contributed by atoms with Gasteiger partial charge in [0.15, 0.2) is 0 Å². The van der Waals surface area contributed by atoms with E-state index < -0.39 is 5.97 Å². The highest BCUT2D eigenvalue weighted by molar-refractivity contribution is 6.30. The third kappa shape index (κ3) is 9.81. The average molecular weight is 383 g/mol. The molecule has 26 heavy (non-hydrogen) atoms. The van der Waals surface area contributed by atoms with Crippen molar-refractivity contribution in [2.75, 3.05) is 0 Å². The monoisotopic (exact) mass is 382 g/mol. The molecule has 1 aromatic carbocycles. The second kappa shape index (κ2) is 12.7. The first kappa shape index (κ1) is 22.5. The molecular weight excluding hydrogens is 352 g/mol. The maximum Gasteiger partial charge on any atom is 0.311 e. The van der Waals surface area contributed by atoms with Crippen molar-refractivity contribution in [3.8, 4) is 5.75 Å². The van der Waals surface area contributed by atoms with Crippen molar-refractivity contribution in [2.45, 2.75) is 84.7 Å². The zero-order valence-corrected chi connectivity index (χ0v) is 16.9. The minimum Gasteiger partial charge on any atom is -0.463 e. The normalized spacial score (nSPS) is 11.8. The number of hydrogen-bond donors (Lipinski definition) is 0. The fraction of sp³-hybridized carbons (Fsp3) is 0.619. The van der Waals surface area contributed by atoms with E-state index in [1.165, 1.54) is 32.1 Å². The van der Waals surface area contributed by atoms with E-state index in [4.69, 9.17) is 21.1 Å². The Kier molecular flexibility index (Phi) is 11.0. The van der Waals surface area contributed by atoms with Crippen LogP contribution in [0.3, 0.4) is 0 Å². The average Bonchev–Trinajstić information content (AvgIpc) is 2.58. The zero-order chi connectivity index (χ0) is 19.4. The summed E-state index contributed by atoms with van der Waals surface area (Å²) < 4.78 is 10.6. The third-order valence-corrected chi connectivity index (χ3v) is 4.43. The lowest BCUT2D eigenvalue weighted by Gasteiger charge is -2.13. The number of hydrogen-bond acceptors (Lipinski definition) is 4. The Morgan fingerprint density at radius 1 is 1.04 bits per heavy atom. The topological polar surface area (TPSA) is 52.6 Å². The van der Waals surface area contributed by atoms with Crippen LogP contribution in [0.25, 0.3) is 0 Å². The van der Waals surface area contributed by atoms with E-state index in [9.17, 15) is 9.59 Å². The Morgan fingerprint density at radius 2 is 1.69 bits per heavy atom. The van der Waals surface area contributed by atoms with Crippen LogP contribution in [-0.2, 0) is 14.3 Å². The zero-order valence-electron chi connectivity index (χ0n) is 16.2. The van der Waals surface area contributed by atoms with Crippen LogP contribution in [0.4, 0.5) is 0 Å². The van der Waals surface area contributed by atoms with E-state index in [0.717, 1.165) is 18.4 Å². The van der Waals surface area contributed by atoms with Gasteiger partial charge in [-0.2, -0.15) is 0 Å². The lowest BCUT2D eigenvalue weighted by atomic mass is 10.1. The van der Waals surface area contributed by atoms with Gasteiger partial charge in [0.2, 0.25) is 0 Å². The van der Waals surface area contributed by atoms with Gasteiger partial charge in [0.25, 0.3) is 0 Å². The van der Waals surface area contributed by atoms with E-state index in [-0.39, 0.29) is 24.9 Å². The third-order valence-electron chi connectivity index (χ3n) is 4.19. The van der Waals surface area contributed by atoms with Crippen LogP contribution in [0.15, 0.2) is 18.2 Å². The number of esters is 2. The highest BCUT2D eigenvalue weighted by atomic mass is 35.5. The van der Waals surface area contributed by atoms with E-state index >= 15 is 0 Å². The van der Waals surface area contributed by atoms with Crippen LogP contribution in [0.1, 0.15) is 77.2 Å². The number of benzene rings is 1. The lowest BCUT2D eigenvalue weighted by Crippen LogP contribution is -2.17. The van der Waals surface area contributed by atoms with Gasteiger partial charge >= 0.3 is 11.9 Å². The predicted molar refractivity (Wildman–Crippen MR) is 105 cm³/mol. The summed E-state index contributed by atoms with van der Waals surface area (Å²) in [6.07, 6.45) is 8.09. The fourth-order valence-corrected chi connectivity index (χ4v) is 2.89. The maximum absolute atomic E-state index is 11.9. The highest BCUT2D eigenvalue weighted by Crippen LogP contribution is 2.22. The quantitative estimate of drug-likeness (QED) is 0.252. The number of halogens is 1. The molecule has 0 saturated carbocycles. The number of carbonyl (C=O) groups excluding carboxylic acids is 2. The summed E-state index contributed by atoms with van der Waals surface area (Å²) in [5.74, 6) is -0.339. The smallest absolute Gasteiger partial charge is 0.311 e. The van der Waals surface area contributed by atoms with Crippen LogP contribution in [0.5, 0.6) is 5.75 Å². The number of unbranched alkanes of at least 4 members (excludes halogenated alkanes) is 5. The summed E-state index contributed by atoms with van der Waals surface area (Å²) in [5.41, 5.74) is 0.779. The van der Waals surface area contributed by atoms with E-state index in [1.807, 2.05) is 13.8 Å². The number of carbonyl (C=O) groups is 2. The van der Waals surface area contributed by atoms with E-state index in [2.05, 4.69) is 6.92 Å². The molecule has 1 atom stereocenters. The van der Waals surface area contributed by atoms with E-state index in [0.29, 0.717) is 10.8 Å². The molecule has 0 aliphatic rings. The van der Waals surface area contributed by atoms with Gasteiger partial charge in [-0.15, -0.1) is 0 Å². The first-order valence-corrected chi connectivity index (χ1v) is 9.96. The molecule has 5 heteroatoms. The number of rotatable bonds is 12. The molecule has 0 fully saturated rings. The largest absolute Gasteiger partial charge is 0.463 e. The number of ether oxygens (including phenoxy) is 2. The molecule has 0 aromatic heterocycles. The van der Waals surface area contributed by atoms with Crippen LogP contribution >= 0.6 is 11.6 Å². The molecule has 0 radical (unpaired) electrons. The Balaban J connectivity index is 2.19. The van der Waals surface area contributed by atoms with Crippen molar-refractivity contribution in [3.63, 3.8) is 0 Å². The fourth-order valence-electron chi connectivity index (χ4n) is 2.66. The van der Waals surface area contributed by atoms with Gasteiger partial charge in [0, 0.05) is 5.02 Å². The maximum atomic E-state index is 11.9. The standard InChI is InChI=1S/C21H31ClO4/c1-4-5-6-7-8-9-10-17(3)25-20(23)13-14-21(24)26-19-12-11-18(22)15-16(19)2/h11-12,15,17H,4-10,13-14H2,1-3H3. The summed E-state index contributed by atoms with van der Waals surface area (Å²) in [6.45, 7) is 5.92. The molecule has 0 spiro atoms. The van der Waals surface area contributed by atoms with E-state index in [1.54, 1.807) is 18.2 Å². The molecule has 0 saturated heterocycles. The second-order valence-corrected chi connectivity index (χ2v) is 7.18. The van der Waals surface area contributed by atoms with Gasteiger partial charge in [-0.1, -0.05) is 50.6 Å². The van der Waals surface area contributed by atoms with Gasteiger partial charge in [0.05, 0.1) is 18.9 Å². The molecule has 1 unspecified atom stereocenters. The van der Waals surface area contributed by atoms with Gasteiger partial charge < -0.3 is 9.47 Å². The van der Waals surface area contributed by atoms with Crippen molar-refractivity contribution in [1.29, 1.82) is 0 Å². The second-order valence-electron chi connectivity index (χ2n) is 6.74. The number of aryl methyl sites for hydroxylation is 1. The summed E-state index contributed by atoms with van der Waals surface area (Å²) in [6, 6.07) is 5.04. The van der Waals surface area contributed by atoms with Crippen molar-refractivity contribution in [3.05, 3.63) is 28.8 Å². The minimum absolute atomic E-state index is 0.00460. The lowest BCUT2D eigenvalue weighted by molar-refractivity contribution is -0.151. The first-order chi connectivity index (χ1) is 12.4. The Morgan fingerprint density at radius 3 is 2.38 bits per heavy atom. The van der Waals surface area contributed by atoms with Crippen LogP contribution < -0.4 is 4.74 Å². The predicted octanol–water partition coefficient (Wildman–Crippen LogP) is 6.02. The van der Waals surface area contributed by atoms with Gasteiger partial charge in [-0.05, 0) is 50.5 Å². The Labute approximate surface area is 162 Å². The Bertz CT molecular complexity index is 571. The molecule has 0 heterocycles. The molecule has 0 bridgehead atoms. The molecule has 146 valence electrons. The molecule has 0 N–H and O–H groups in total. The summed E-state index contributed by atoms with van der Waals surface area (Å²) in [4.78, 5) is 23.7. The Hall–Kier alpha value is -1.55. The summed E-state index contributed by atoms with van der Waals surface area (Å²) in [7, 11) is 0. The molecule has 1 rings (SSSR count). The van der Waals surface area contributed by atoms with Crippen molar-refractivity contribution < 1.29 is 19.1 Å². The SMILES string of the molecule is CCCCCCCCC(C)OC(=O)CCC(=O)Oc1ccc(Cl)cc1C. The van der Waals surface area contributed by atoms with Crippen LogP contribution in [-0.4, -0.2) is 18.0 Å². The van der Waals surface area contributed by atoms with Crippen LogP contribution in [0, 0.1) is 6.92 Å². The van der Waals surface area contributed by atoms with Crippen molar-refractivity contribution in [2.24, 2.45) is 0 Å². The summed E-state index contributed by atoms with van der Waals surface area (Å²) >= 11 is 5.87. The molecule has 0 amide bonds. The molecular formula is C21H31ClO4. The van der Waals surface area contributed by atoms with Gasteiger partial charge in [-0.25, -0.2) is 0 Å². The van der Waals surface area contributed by atoms with Crippen LogP contribution in [0.2, 0.25) is 5.02 Å². The molecule has 1 aromatic rings. The summed E-state index contributed by atoms with van der Waals surface area (Å²) in [5, 5.41) is 0.588. The molecule has 0 aliphatic heterocycles. The molecule has 4 nitrogen and oxygen atoms in total.